The van der Waals surface area contributed by atoms with Crippen LogP contribution in [0.25, 0.3) is 22.4 Å². The molecule has 0 aliphatic carbocycles. The molecule has 0 bridgehead atoms. The molecule has 0 amide bonds. The minimum atomic E-state index is -4.40. The number of aromatic nitrogens is 4. The minimum Gasteiger partial charge on any atom is -0.462 e. The second kappa shape index (κ2) is 8.86. The van der Waals surface area contributed by atoms with Crippen LogP contribution >= 0.6 is 0 Å². The number of imidazole rings is 2. The Kier molecular flexibility index (Phi) is 5.98. The SMILES string of the molecule is CCOC(=O)c1ccc2c(c1)nc(-c1ccc(C(F)(F)F)cc1)n2CCCn1ccnc1. The second-order valence-electron chi connectivity index (χ2n) is 7.24. The van der Waals surface area contributed by atoms with Crippen LogP contribution in [-0.4, -0.2) is 31.7 Å². The molecule has 0 N–H and O–H groups in total. The molecule has 6 nitrogen and oxygen atoms in total. The summed E-state index contributed by atoms with van der Waals surface area (Å²) in [5.41, 5.74) is 1.59. The van der Waals surface area contributed by atoms with E-state index in [2.05, 4.69) is 9.97 Å². The van der Waals surface area contributed by atoms with Crippen molar-refractivity contribution >= 4 is 17.0 Å². The van der Waals surface area contributed by atoms with Gasteiger partial charge in [-0.3, -0.25) is 0 Å². The van der Waals surface area contributed by atoms with Crippen LogP contribution in [0.15, 0.2) is 61.2 Å². The molecule has 0 fully saturated rings. The smallest absolute Gasteiger partial charge is 0.416 e. The first-order valence-electron chi connectivity index (χ1n) is 10.2. The summed E-state index contributed by atoms with van der Waals surface area (Å²) in [6.07, 6.45) is 1.66. The normalized spacial score (nSPS) is 11.8. The first-order valence-corrected chi connectivity index (χ1v) is 10.2. The Morgan fingerprint density at radius 2 is 1.88 bits per heavy atom. The first kappa shape index (κ1) is 21.6. The van der Waals surface area contributed by atoms with Gasteiger partial charge in [-0.15, -0.1) is 0 Å². The highest BCUT2D eigenvalue weighted by atomic mass is 19.4. The third-order valence-electron chi connectivity index (χ3n) is 5.09. The van der Waals surface area contributed by atoms with Crippen molar-refractivity contribution < 1.29 is 22.7 Å². The van der Waals surface area contributed by atoms with E-state index in [0.717, 1.165) is 30.6 Å². The minimum absolute atomic E-state index is 0.260. The average Bonchev–Trinajstić information content (AvgIpc) is 3.41. The molecule has 4 rings (SSSR count). The van der Waals surface area contributed by atoms with E-state index in [1.807, 2.05) is 15.3 Å². The fraction of sp³-hybridized carbons (Fsp3) is 0.261. The molecule has 2 heterocycles. The maximum atomic E-state index is 13.0. The molecule has 0 atom stereocenters. The molecule has 0 saturated carbocycles. The van der Waals surface area contributed by atoms with E-state index in [0.29, 0.717) is 29.0 Å². The van der Waals surface area contributed by atoms with Gasteiger partial charge in [0.05, 0.1) is 35.1 Å². The molecule has 0 radical (unpaired) electrons. The average molecular weight is 442 g/mol. The molecule has 4 aromatic rings. The first-order chi connectivity index (χ1) is 15.4. The van der Waals surface area contributed by atoms with Gasteiger partial charge < -0.3 is 13.9 Å². The fourth-order valence-corrected chi connectivity index (χ4v) is 3.56. The lowest BCUT2D eigenvalue weighted by molar-refractivity contribution is -0.137. The van der Waals surface area contributed by atoms with E-state index in [4.69, 9.17) is 4.74 Å². The quantitative estimate of drug-likeness (QED) is 0.370. The van der Waals surface area contributed by atoms with Gasteiger partial charge in [-0.1, -0.05) is 12.1 Å². The van der Waals surface area contributed by atoms with Crippen LogP contribution in [0.1, 0.15) is 29.3 Å². The second-order valence-corrected chi connectivity index (χ2v) is 7.24. The van der Waals surface area contributed by atoms with Crippen molar-refractivity contribution in [1.29, 1.82) is 0 Å². The highest BCUT2D eigenvalue weighted by molar-refractivity contribution is 5.94. The summed E-state index contributed by atoms with van der Waals surface area (Å²) in [5.74, 6) is 0.0977. The molecule has 0 aliphatic rings. The molecule has 9 heteroatoms. The molecule has 166 valence electrons. The van der Waals surface area contributed by atoms with E-state index in [1.165, 1.54) is 12.1 Å². The maximum absolute atomic E-state index is 13.0. The van der Waals surface area contributed by atoms with Crippen LogP contribution in [0.4, 0.5) is 13.2 Å². The van der Waals surface area contributed by atoms with Crippen LogP contribution in [0, 0.1) is 0 Å². The Hall–Kier alpha value is -3.62. The number of rotatable bonds is 7. The van der Waals surface area contributed by atoms with Gasteiger partial charge >= 0.3 is 12.1 Å². The number of carbonyl (C=O) groups is 1. The number of aryl methyl sites for hydroxylation is 2. The van der Waals surface area contributed by atoms with Crippen molar-refractivity contribution in [2.24, 2.45) is 0 Å². The summed E-state index contributed by atoms with van der Waals surface area (Å²) in [5, 5.41) is 0. The summed E-state index contributed by atoms with van der Waals surface area (Å²) >= 11 is 0. The van der Waals surface area contributed by atoms with E-state index in [9.17, 15) is 18.0 Å². The summed E-state index contributed by atoms with van der Waals surface area (Å²) in [7, 11) is 0. The van der Waals surface area contributed by atoms with Gasteiger partial charge in [0.15, 0.2) is 0 Å². The molecule has 32 heavy (non-hydrogen) atoms. The Morgan fingerprint density at radius 1 is 1.09 bits per heavy atom. The standard InChI is InChI=1S/C23H21F3N4O2/c1-2-32-22(31)17-6-9-20-19(14-17)28-21(16-4-7-18(8-5-16)23(24,25)26)30(20)12-3-11-29-13-10-27-15-29/h4-10,13-15H,2-3,11-12H2,1H3. The van der Waals surface area contributed by atoms with Gasteiger partial charge in [0.2, 0.25) is 0 Å². The van der Waals surface area contributed by atoms with Crippen molar-refractivity contribution in [3.63, 3.8) is 0 Å². The van der Waals surface area contributed by atoms with E-state index < -0.39 is 17.7 Å². The van der Waals surface area contributed by atoms with E-state index in [1.54, 1.807) is 37.6 Å². The lowest BCUT2D eigenvalue weighted by Crippen LogP contribution is -2.06. The summed E-state index contributed by atoms with van der Waals surface area (Å²) < 4.78 is 47.9. The Morgan fingerprint density at radius 3 is 2.53 bits per heavy atom. The Bertz CT molecular complexity index is 1210. The maximum Gasteiger partial charge on any atom is 0.416 e. The third-order valence-corrected chi connectivity index (χ3v) is 5.09. The Balaban J connectivity index is 1.71. The zero-order valence-electron chi connectivity index (χ0n) is 17.3. The molecular weight excluding hydrogens is 421 g/mol. The van der Waals surface area contributed by atoms with Crippen LogP contribution in [-0.2, 0) is 24.0 Å². The number of benzene rings is 2. The number of nitrogens with zero attached hydrogens (tertiary/aromatic N) is 4. The van der Waals surface area contributed by atoms with Crippen LogP contribution in [0.2, 0.25) is 0 Å². The largest absolute Gasteiger partial charge is 0.462 e. The lowest BCUT2D eigenvalue weighted by atomic mass is 10.1. The number of alkyl halides is 3. The summed E-state index contributed by atoms with van der Waals surface area (Å²) in [4.78, 5) is 20.8. The number of hydrogen-bond acceptors (Lipinski definition) is 4. The van der Waals surface area contributed by atoms with Crippen LogP contribution in [0.5, 0.6) is 0 Å². The molecule has 2 aromatic heterocycles. The van der Waals surface area contributed by atoms with Crippen molar-refractivity contribution in [1.82, 2.24) is 19.1 Å². The van der Waals surface area contributed by atoms with Gasteiger partial charge in [0.25, 0.3) is 0 Å². The zero-order chi connectivity index (χ0) is 22.7. The summed E-state index contributed by atoms with van der Waals surface area (Å²) in [6.45, 7) is 3.31. The van der Waals surface area contributed by atoms with Gasteiger partial charge in [0, 0.05) is 31.0 Å². The van der Waals surface area contributed by atoms with E-state index in [-0.39, 0.29) is 6.61 Å². The number of hydrogen-bond donors (Lipinski definition) is 0. The predicted octanol–water partition coefficient (Wildman–Crippen LogP) is 5.19. The van der Waals surface area contributed by atoms with Crippen LogP contribution < -0.4 is 0 Å². The molecule has 0 spiro atoms. The molecule has 0 unspecified atom stereocenters. The zero-order valence-corrected chi connectivity index (χ0v) is 17.3. The number of carbonyl (C=O) groups excluding carboxylic acids is 1. The van der Waals surface area contributed by atoms with Crippen molar-refractivity contribution in [2.75, 3.05) is 6.61 Å². The van der Waals surface area contributed by atoms with E-state index >= 15 is 0 Å². The number of halogens is 3. The predicted molar refractivity (Wildman–Crippen MR) is 113 cm³/mol. The van der Waals surface area contributed by atoms with Gasteiger partial charge in [-0.2, -0.15) is 13.2 Å². The molecule has 2 aromatic carbocycles. The van der Waals surface area contributed by atoms with Crippen molar-refractivity contribution in [3.05, 3.63) is 72.3 Å². The molecule has 0 saturated heterocycles. The number of esters is 1. The molecular formula is C23H21F3N4O2. The van der Waals surface area contributed by atoms with Crippen molar-refractivity contribution in [3.8, 4) is 11.4 Å². The number of fused-ring (bicyclic) bond motifs is 1. The Labute approximate surface area is 182 Å². The number of ether oxygens (including phenoxy) is 1. The topological polar surface area (TPSA) is 61.9 Å². The van der Waals surface area contributed by atoms with Crippen molar-refractivity contribution in [2.45, 2.75) is 32.6 Å². The fourth-order valence-electron chi connectivity index (χ4n) is 3.56. The summed E-state index contributed by atoms with van der Waals surface area (Å²) in [6, 6.07) is 10.0. The van der Waals surface area contributed by atoms with Gasteiger partial charge in [-0.25, -0.2) is 14.8 Å². The molecule has 0 aliphatic heterocycles. The third kappa shape index (κ3) is 4.51. The highest BCUT2D eigenvalue weighted by Gasteiger charge is 2.30. The highest BCUT2D eigenvalue weighted by Crippen LogP contribution is 2.32. The lowest BCUT2D eigenvalue weighted by Gasteiger charge is -2.11. The van der Waals surface area contributed by atoms with Gasteiger partial charge in [0.1, 0.15) is 5.82 Å². The van der Waals surface area contributed by atoms with Gasteiger partial charge in [-0.05, 0) is 43.7 Å². The monoisotopic (exact) mass is 442 g/mol. The van der Waals surface area contributed by atoms with Crippen LogP contribution in [0.3, 0.4) is 0 Å².